The number of hydrogen-bond acceptors (Lipinski definition) is 5. The number of nitrogens with zero attached hydrogens (tertiary/aromatic N) is 2. The van der Waals surface area contributed by atoms with Crippen molar-refractivity contribution in [3.8, 4) is 0 Å². The van der Waals surface area contributed by atoms with E-state index in [0.717, 1.165) is 0 Å². The predicted octanol–water partition coefficient (Wildman–Crippen LogP) is 0.667. The Kier molecular flexibility index (Phi) is 4.41. The van der Waals surface area contributed by atoms with Gasteiger partial charge in [-0.3, -0.25) is 14.6 Å². The van der Waals surface area contributed by atoms with Gasteiger partial charge in [0.25, 0.3) is 0 Å². The maximum Gasteiger partial charge on any atom is 0.320 e. The molecule has 0 bridgehead atoms. The molecular formula is C13H15N3O3S. The zero-order chi connectivity index (χ0) is 14.7. The van der Waals surface area contributed by atoms with Crippen LogP contribution in [-0.2, 0) is 9.59 Å². The third-order valence-electron chi connectivity index (χ3n) is 2.94. The largest absolute Gasteiger partial charge is 0.480 e. The van der Waals surface area contributed by atoms with Crippen LogP contribution in [0.15, 0.2) is 42.4 Å². The van der Waals surface area contributed by atoms with E-state index < -0.39 is 17.3 Å². The molecule has 1 saturated heterocycles. The van der Waals surface area contributed by atoms with Gasteiger partial charge < -0.3 is 15.7 Å². The van der Waals surface area contributed by atoms with E-state index in [1.165, 1.54) is 16.7 Å². The summed E-state index contributed by atoms with van der Waals surface area (Å²) in [6.45, 7) is 1.71. The van der Waals surface area contributed by atoms with Gasteiger partial charge in [-0.15, -0.1) is 11.8 Å². The van der Waals surface area contributed by atoms with Gasteiger partial charge in [0.1, 0.15) is 16.7 Å². The summed E-state index contributed by atoms with van der Waals surface area (Å²) in [5.74, 6) is -1.01. The lowest BCUT2D eigenvalue weighted by Gasteiger charge is -2.46. The van der Waals surface area contributed by atoms with Crippen molar-refractivity contribution in [2.45, 2.75) is 23.6 Å². The molecule has 106 valence electrons. The van der Waals surface area contributed by atoms with Crippen molar-refractivity contribution in [1.29, 1.82) is 0 Å². The van der Waals surface area contributed by atoms with Crippen LogP contribution < -0.4 is 5.73 Å². The lowest BCUT2D eigenvalue weighted by atomic mass is 10.1. The van der Waals surface area contributed by atoms with Crippen LogP contribution in [0.2, 0.25) is 0 Å². The Morgan fingerprint density at radius 1 is 1.40 bits per heavy atom. The smallest absolute Gasteiger partial charge is 0.320 e. The van der Waals surface area contributed by atoms with E-state index in [9.17, 15) is 9.59 Å². The Balaban J connectivity index is 0.000000205. The number of rotatable bonds is 1. The van der Waals surface area contributed by atoms with E-state index >= 15 is 0 Å². The Labute approximate surface area is 120 Å². The van der Waals surface area contributed by atoms with Crippen LogP contribution in [0.25, 0.3) is 0 Å². The highest BCUT2D eigenvalue weighted by Crippen LogP contribution is 2.39. The highest BCUT2D eigenvalue weighted by atomic mass is 32.2. The number of carboxylic acid groups (broad SMARTS) is 1. The van der Waals surface area contributed by atoms with E-state index in [4.69, 9.17) is 10.8 Å². The quantitative estimate of drug-likeness (QED) is 0.739. The first-order valence-electron chi connectivity index (χ1n) is 6.01. The van der Waals surface area contributed by atoms with E-state index in [-0.39, 0.29) is 11.3 Å². The summed E-state index contributed by atoms with van der Waals surface area (Å²) in [4.78, 5) is 27.3. The summed E-state index contributed by atoms with van der Waals surface area (Å²) >= 11 is 1.22. The number of aromatic nitrogens is 1. The van der Waals surface area contributed by atoms with Crippen LogP contribution in [0.1, 0.15) is 6.92 Å². The summed E-state index contributed by atoms with van der Waals surface area (Å²) in [6.07, 6.45) is 5.09. The number of aliphatic carboxylic acids is 1. The van der Waals surface area contributed by atoms with Crippen molar-refractivity contribution in [3.63, 3.8) is 0 Å². The molecule has 20 heavy (non-hydrogen) atoms. The normalized spacial score (nSPS) is 27.5. The monoisotopic (exact) mass is 293 g/mol. The highest BCUT2D eigenvalue weighted by Gasteiger charge is 2.49. The van der Waals surface area contributed by atoms with Gasteiger partial charge in [0.05, 0.1) is 0 Å². The summed E-state index contributed by atoms with van der Waals surface area (Å²) in [5.41, 5.74) is 6.23. The van der Waals surface area contributed by atoms with E-state index in [0.29, 0.717) is 5.57 Å². The molecule has 0 saturated carbocycles. The molecule has 3 rings (SSSR count). The standard InChI is InChI=1S/C8H10N2O3S.C5H5N/c1-3-2-10-6(11)4(9)7(10)14-5(3)8(12)13;1-2-4-6-5-3-1/h2,4-5,7H,9H2,1H3,(H,12,13);1-5H/t4?,5?,7-;/m1./s1. The number of β-lactam (4-membered cyclic amide) rings is 1. The summed E-state index contributed by atoms with van der Waals surface area (Å²) < 4.78 is 0. The maximum absolute atomic E-state index is 11.2. The Morgan fingerprint density at radius 2 is 2.05 bits per heavy atom. The second kappa shape index (κ2) is 6.06. The minimum absolute atomic E-state index is 0.134. The predicted molar refractivity (Wildman–Crippen MR) is 75.6 cm³/mol. The van der Waals surface area contributed by atoms with Crippen molar-refractivity contribution in [2.24, 2.45) is 5.73 Å². The highest BCUT2D eigenvalue weighted by molar-refractivity contribution is 8.01. The van der Waals surface area contributed by atoms with Crippen LogP contribution in [0, 0.1) is 0 Å². The molecule has 3 heterocycles. The zero-order valence-electron chi connectivity index (χ0n) is 10.8. The molecule has 0 aromatic carbocycles. The van der Waals surface area contributed by atoms with Gasteiger partial charge in [0, 0.05) is 18.6 Å². The lowest BCUT2D eigenvalue weighted by Crippen LogP contribution is -2.66. The molecule has 3 N–H and O–H groups in total. The molecule has 6 nitrogen and oxygen atoms in total. The first-order chi connectivity index (χ1) is 9.52. The number of fused-ring (bicyclic) bond motifs is 1. The van der Waals surface area contributed by atoms with E-state index in [1.807, 2.05) is 18.2 Å². The van der Waals surface area contributed by atoms with Gasteiger partial charge in [-0.1, -0.05) is 6.07 Å². The second-order valence-corrected chi connectivity index (χ2v) is 5.64. The molecule has 2 aliphatic rings. The van der Waals surface area contributed by atoms with Crippen LogP contribution in [0.3, 0.4) is 0 Å². The molecule has 1 amide bonds. The second-order valence-electron chi connectivity index (χ2n) is 4.41. The average Bonchev–Trinajstić information content (AvgIpc) is 2.48. The number of hydrogen-bond donors (Lipinski definition) is 2. The zero-order valence-corrected chi connectivity index (χ0v) is 11.7. The van der Waals surface area contributed by atoms with Gasteiger partial charge in [-0.2, -0.15) is 0 Å². The van der Waals surface area contributed by atoms with Crippen molar-refractivity contribution in [2.75, 3.05) is 0 Å². The maximum atomic E-state index is 11.2. The number of nitrogens with two attached hydrogens (primary N) is 1. The number of carbonyl (C=O) groups is 2. The van der Waals surface area contributed by atoms with Gasteiger partial charge >= 0.3 is 5.97 Å². The number of carboxylic acids is 1. The van der Waals surface area contributed by atoms with Crippen molar-refractivity contribution in [3.05, 3.63) is 42.4 Å². The third kappa shape index (κ3) is 2.83. The summed E-state index contributed by atoms with van der Waals surface area (Å²) in [7, 11) is 0. The number of carbonyl (C=O) groups excluding carboxylic acids is 1. The van der Waals surface area contributed by atoms with Crippen LogP contribution in [-0.4, -0.2) is 43.5 Å². The minimum Gasteiger partial charge on any atom is -0.480 e. The fourth-order valence-corrected chi connectivity index (χ4v) is 3.15. The third-order valence-corrected chi connectivity index (χ3v) is 4.59. The van der Waals surface area contributed by atoms with Crippen molar-refractivity contribution in [1.82, 2.24) is 9.88 Å². The fraction of sp³-hybridized carbons (Fsp3) is 0.308. The van der Waals surface area contributed by atoms with Crippen molar-refractivity contribution >= 4 is 23.6 Å². The first kappa shape index (κ1) is 14.5. The molecule has 3 atom stereocenters. The summed E-state index contributed by atoms with van der Waals surface area (Å²) in [5, 5.41) is 8.11. The lowest BCUT2D eigenvalue weighted by molar-refractivity contribution is -0.141. The van der Waals surface area contributed by atoms with Crippen LogP contribution >= 0.6 is 11.8 Å². The molecule has 1 aromatic heterocycles. The van der Waals surface area contributed by atoms with Crippen molar-refractivity contribution < 1.29 is 14.7 Å². The van der Waals surface area contributed by atoms with Gasteiger partial charge in [0.15, 0.2) is 0 Å². The fourth-order valence-electron chi connectivity index (χ4n) is 1.90. The molecule has 2 aliphatic heterocycles. The molecule has 2 unspecified atom stereocenters. The van der Waals surface area contributed by atoms with E-state index in [2.05, 4.69) is 4.98 Å². The Hall–Kier alpha value is -1.86. The molecule has 0 aliphatic carbocycles. The molecule has 1 aromatic rings. The first-order valence-corrected chi connectivity index (χ1v) is 6.96. The van der Waals surface area contributed by atoms with E-state index in [1.54, 1.807) is 25.5 Å². The van der Waals surface area contributed by atoms with Gasteiger partial charge in [-0.25, -0.2) is 0 Å². The van der Waals surface area contributed by atoms with Gasteiger partial charge in [-0.05, 0) is 24.6 Å². The van der Waals surface area contributed by atoms with Crippen LogP contribution in [0.5, 0.6) is 0 Å². The van der Waals surface area contributed by atoms with Crippen LogP contribution in [0.4, 0.5) is 0 Å². The number of pyridine rings is 1. The topological polar surface area (TPSA) is 96.5 Å². The number of thioether (sulfide) groups is 1. The summed E-state index contributed by atoms with van der Waals surface area (Å²) in [6, 6.07) is 5.17. The molecule has 7 heteroatoms. The Bertz CT molecular complexity index is 508. The molecule has 0 radical (unpaired) electrons. The molecular weight excluding hydrogens is 278 g/mol. The SMILES string of the molecule is CC1=CN2C(=O)C(N)[C@H]2SC1C(=O)O.c1ccncc1. The molecule has 1 fully saturated rings. The average molecular weight is 293 g/mol. The van der Waals surface area contributed by atoms with Gasteiger partial charge in [0.2, 0.25) is 5.91 Å². The minimum atomic E-state index is -0.880. The molecule has 0 spiro atoms. The Morgan fingerprint density at radius 3 is 2.50 bits per heavy atom. The number of amides is 1.